The van der Waals surface area contributed by atoms with Gasteiger partial charge in [-0.3, -0.25) is 14.2 Å². The summed E-state index contributed by atoms with van der Waals surface area (Å²) >= 11 is 3.12. The number of thiophene rings is 2. The maximum Gasteiger partial charge on any atom is 0.263 e. The zero-order chi connectivity index (χ0) is 24.8. The highest BCUT2D eigenvalue weighted by Crippen LogP contribution is 2.38. The Morgan fingerprint density at radius 1 is 1.08 bits per heavy atom. The summed E-state index contributed by atoms with van der Waals surface area (Å²) in [6.07, 6.45) is 8.07. The molecule has 0 atom stereocenters. The van der Waals surface area contributed by atoms with E-state index >= 15 is 0 Å². The zero-order valence-corrected chi connectivity index (χ0v) is 21.8. The minimum Gasteiger partial charge on any atom is -0.315 e. The molecule has 1 N–H and O–H groups in total. The standard InChI is InChI=1S/C28H26N4O2S2/c1-16-7-6-8-17(13-16)25-31-27-24(19-10-3-5-12-22(19)36-27)28(34)32(25)15-23(33)30-26-20(14-29)18-9-2-4-11-21(18)35-26/h6-8,13H,2-5,9-12,15H2,1H3,(H,30,33). The number of anilines is 1. The fourth-order valence-corrected chi connectivity index (χ4v) is 7.98. The number of aromatic nitrogens is 2. The minimum absolute atomic E-state index is 0.150. The highest BCUT2D eigenvalue weighted by Gasteiger charge is 2.25. The van der Waals surface area contributed by atoms with Crippen LogP contribution in [0, 0.1) is 18.3 Å². The van der Waals surface area contributed by atoms with Gasteiger partial charge in [0.15, 0.2) is 0 Å². The number of hydrogen-bond donors (Lipinski definition) is 1. The van der Waals surface area contributed by atoms with Crippen molar-refractivity contribution in [3.8, 4) is 17.5 Å². The predicted octanol–water partition coefficient (Wildman–Crippen LogP) is 5.76. The molecule has 0 unspecified atom stereocenters. The normalized spacial score (nSPS) is 14.8. The van der Waals surface area contributed by atoms with Crippen LogP contribution in [0.15, 0.2) is 29.1 Å². The number of carbonyl (C=O) groups excluding carboxylic acids is 1. The smallest absolute Gasteiger partial charge is 0.263 e. The molecule has 0 radical (unpaired) electrons. The summed E-state index contributed by atoms with van der Waals surface area (Å²) in [4.78, 5) is 35.4. The molecule has 36 heavy (non-hydrogen) atoms. The molecule has 0 spiro atoms. The maximum atomic E-state index is 13.9. The molecule has 8 heteroatoms. The third kappa shape index (κ3) is 3.97. The second-order valence-electron chi connectivity index (χ2n) is 9.66. The van der Waals surface area contributed by atoms with Crippen molar-refractivity contribution < 1.29 is 4.79 Å². The number of nitrogens with one attached hydrogen (secondary N) is 1. The molecule has 0 bridgehead atoms. The van der Waals surface area contributed by atoms with Gasteiger partial charge in [0.2, 0.25) is 5.91 Å². The van der Waals surface area contributed by atoms with E-state index in [0.29, 0.717) is 21.8 Å². The Labute approximate surface area is 217 Å². The summed E-state index contributed by atoms with van der Waals surface area (Å²) in [7, 11) is 0. The minimum atomic E-state index is -0.314. The average molecular weight is 515 g/mol. The summed E-state index contributed by atoms with van der Waals surface area (Å²) in [6, 6.07) is 10.2. The fourth-order valence-electron chi connectivity index (χ4n) is 5.47. The van der Waals surface area contributed by atoms with Crippen LogP contribution in [0.5, 0.6) is 0 Å². The van der Waals surface area contributed by atoms with E-state index in [2.05, 4.69) is 11.4 Å². The molecule has 1 amide bonds. The molecular weight excluding hydrogens is 488 g/mol. The van der Waals surface area contributed by atoms with Crippen LogP contribution in [0.4, 0.5) is 5.00 Å². The summed E-state index contributed by atoms with van der Waals surface area (Å²) in [5.41, 5.74) is 4.49. The highest BCUT2D eigenvalue weighted by atomic mass is 32.1. The van der Waals surface area contributed by atoms with Crippen LogP contribution in [0.25, 0.3) is 21.6 Å². The van der Waals surface area contributed by atoms with Gasteiger partial charge in [-0.1, -0.05) is 23.8 Å². The topological polar surface area (TPSA) is 87.8 Å². The van der Waals surface area contributed by atoms with Crippen LogP contribution in [-0.2, 0) is 37.0 Å². The van der Waals surface area contributed by atoms with E-state index < -0.39 is 0 Å². The molecule has 4 aromatic rings. The van der Waals surface area contributed by atoms with Gasteiger partial charge >= 0.3 is 0 Å². The van der Waals surface area contributed by atoms with Crippen LogP contribution in [0.1, 0.15) is 57.7 Å². The summed E-state index contributed by atoms with van der Waals surface area (Å²) in [6.45, 7) is 1.85. The van der Waals surface area contributed by atoms with Gasteiger partial charge in [0.05, 0.1) is 10.9 Å². The van der Waals surface area contributed by atoms with Crippen LogP contribution in [0.3, 0.4) is 0 Å². The van der Waals surface area contributed by atoms with E-state index in [1.54, 1.807) is 11.3 Å². The lowest BCUT2D eigenvalue weighted by Gasteiger charge is -2.14. The van der Waals surface area contributed by atoms with E-state index in [9.17, 15) is 14.9 Å². The van der Waals surface area contributed by atoms with Crippen molar-refractivity contribution in [2.24, 2.45) is 0 Å². The first kappa shape index (κ1) is 23.1. The molecule has 0 saturated carbocycles. The van der Waals surface area contributed by atoms with E-state index in [-0.39, 0.29) is 18.0 Å². The second-order valence-corrected chi connectivity index (χ2v) is 11.9. The lowest BCUT2D eigenvalue weighted by molar-refractivity contribution is -0.116. The van der Waals surface area contributed by atoms with Crippen LogP contribution < -0.4 is 10.9 Å². The molecule has 6 nitrogen and oxygen atoms in total. The fraction of sp³-hybridized carbons (Fsp3) is 0.357. The average Bonchev–Trinajstić information content (AvgIpc) is 3.43. The molecule has 0 fully saturated rings. The molecule has 0 aliphatic heterocycles. The number of benzene rings is 1. The number of hydrogen-bond acceptors (Lipinski definition) is 6. The molecule has 3 aromatic heterocycles. The highest BCUT2D eigenvalue weighted by molar-refractivity contribution is 7.18. The zero-order valence-electron chi connectivity index (χ0n) is 20.1. The van der Waals surface area contributed by atoms with Gasteiger partial charge in [0.1, 0.15) is 28.3 Å². The summed E-state index contributed by atoms with van der Waals surface area (Å²) < 4.78 is 1.52. The SMILES string of the molecule is Cc1cccc(-c2nc3sc4c(c3c(=O)n2CC(=O)Nc2sc3c(c2C#N)CCCC3)CCCC4)c1. The quantitative estimate of drug-likeness (QED) is 0.375. The number of amides is 1. The Morgan fingerprint density at radius 3 is 2.56 bits per heavy atom. The van der Waals surface area contributed by atoms with Crippen molar-refractivity contribution in [3.63, 3.8) is 0 Å². The number of aryl methyl sites for hydroxylation is 4. The van der Waals surface area contributed by atoms with Crippen molar-refractivity contribution in [2.45, 2.75) is 64.8 Å². The first-order valence-corrected chi connectivity index (χ1v) is 14.1. The molecule has 0 saturated heterocycles. The van der Waals surface area contributed by atoms with Gasteiger partial charge in [0.25, 0.3) is 5.56 Å². The van der Waals surface area contributed by atoms with E-state index in [0.717, 1.165) is 78.5 Å². The van der Waals surface area contributed by atoms with Gasteiger partial charge in [-0.15, -0.1) is 22.7 Å². The number of fused-ring (bicyclic) bond motifs is 4. The Bertz CT molecular complexity index is 1620. The molecular formula is C28H26N4O2S2. The largest absolute Gasteiger partial charge is 0.315 e. The monoisotopic (exact) mass is 514 g/mol. The van der Waals surface area contributed by atoms with Gasteiger partial charge in [0, 0.05) is 15.3 Å². The molecule has 182 valence electrons. The predicted molar refractivity (Wildman–Crippen MR) is 145 cm³/mol. The third-order valence-electron chi connectivity index (χ3n) is 7.19. The Morgan fingerprint density at radius 2 is 1.81 bits per heavy atom. The maximum absolute atomic E-state index is 13.9. The number of carbonyl (C=O) groups is 1. The van der Waals surface area contributed by atoms with Crippen LogP contribution >= 0.6 is 22.7 Å². The number of nitrogens with zero attached hydrogens (tertiary/aromatic N) is 3. The van der Waals surface area contributed by atoms with Crippen molar-refractivity contribution in [1.82, 2.24) is 9.55 Å². The van der Waals surface area contributed by atoms with Crippen LogP contribution in [-0.4, -0.2) is 15.5 Å². The van der Waals surface area contributed by atoms with Crippen molar-refractivity contribution in [3.05, 3.63) is 66.6 Å². The lowest BCUT2D eigenvalue weighted by Crippen LogP contribution is -2.30. The van der Waals surface area contributed by atoms with Crippen molar-refractivity contribution in [2.75, 3.05) is 5.32 Å². The third-order valence-corrected chi connectivity index (χ3v) is 9.58. The first-order valence-electron chi connectivity index (χ1n) is 12.5. The van der Waals surface area contributed by atoms with Gasteiger partial charge < -0.3 is 5.32 Å². The number of nitriles is 1. The first-order chi connectivity index (χ1) is 17.5. The van der Waals surface area contributed by atoms with Gasteiger partial charge in [-0.2, -0.15) is 5.26 Å². The Hall–Kier alpha value is -3.28. The summed E-state index contributed by atoms with van der Waals surface area (Å²) in [5, 5.41) is 14.0. The molecule has 6 rings (SSSR count). The van der Waals surface area contributed by atoms with Gasteiger partial charge in [-0.05, 0) is 75.5 Å². The Balaban J connectivity index is 1.43. The summed E-state index contributed by atoms with van der Waals surface area (Å²) in [5.74, 6) is 0.197. The lowest BCUT2D eigenvalue weighted by atomic mass is 9.96. The second kappa shape index (κ2) is 9.30. The van der Waals surface area contributed by atoms with Crippen molar-refractivity contribution >= 4 is 43.8 Å². The molecule has 1 aromatic carbocycles. The van der Waals surface area contributed by atoms with Crippen molar-refractivity contribution in [1.29, 1.82) is 5.26 Å². The van der Waals surface area contributed by atoms with E-state index in [1.165, 1.54) is 25.7 Å². The molecule has 3 heterocycles. The van der Waals surface area contributed by atoms with E-state index in [1.807, 2.05) is 31.2 Å². The molecule has 2 aliphatic rings. The molecule has 2 aliphatic carbocycles. The van der Waals surface area contributed by atoms with Gasteiger partial charge in [-0.25, -0.2) is 4.98 Å². The Kier molecular flexibility index (Phi) is 5.98. The van der Waals surface area contributed by atoms with E-state index in [4.69, 9.17) is 4.98 Å². The number of rotatable bonds is 4. The van der Waals surface area contributed by atoms with Crippen LogP contribution in [0.2, 0.25) is 0 Å².